The summed E-state index contributed by atoms with van der Waals surface area (Å²) < 4.78 is 42.0. The third kappa shape index (κ3) is 5.51. The van der Waals surface area contributed by atoms with Crippen LogP contribution in [0, 0.1) is 5.82 Å². The van der Waals surface area contributed by atoms with E-state index >= 15 is 0 Å². The molecule has 0 saturated heterocycles. The number of aliphatic carboxylic acids is 1. The number of hydrogen-bond donors (Lipinski definition) is 3. The smallest absolute Gasteiger partial charge is 0.387 e. The van der Waals surface area contributed by atoms with Crippen LogP contribution >= 0.6 is 0 Å². The van der Waals surface area contributed by atoms with Crippen molar-refractivity contribution in [3.8, 4) is 5.75 Å². The van der Waals surface area contributed by atoms with E-state index in [1.807, 2.05) is 6.92 Å². The lowest BCUT2D eigenvalue weighted by Gasteiger charge is -2.42. The quantitative estimate of drug-likeness (QED) is 0.649. The van der Waals surface area contributed by atoms with E-state index in [4.69, 9.17) is 5.11 Å². The van der Waals surface area contributed by atoms with E-state index in [2.05, 4.69) is 15.4 Å². The zero-order chi connectivity index (χ0) is 19.3. The first kappa shape index (κ1) is 19.8. The number of likely N-dealkylation sites (N-methyl/N-ethyl adjacent to an activating group) is 1. The summed E-state index contributed by atoms with van der Waals surface area (Å²) >= 11 is 0. The van der Waals surface area contributed by atoms with Gasteiger partial charge in [-0.1, -0.05) is 6.92 Å². The Balaban J connectivity index is 1.80. The summed E-state index contributed by atoms with van der Waals surface area (Å²) in [7, 11) is 0. The average Bonchev–Trinajstić information content (AvgIpc) is 2.50. The van der Waals surface area contributed by atoms with Crippen molar-refractivity contribution < 1.29 is 32.6 Å². The lowest BCUT2D eigenvalue weighted by Crippen LogP contribution is -2.55. The van der Waals surface area contributed by atoms with Gasteiger partial charge in [0.1, 0.15) is 11.6 Å². The van der Waals surface area contributed by atoms with Crippen LogP contribution < -0.4 is 15.4 Å². The largest absolute Gasteiger partial charge is 0.480 e. The number of nitrogens with one attached hydrogen (secondary N) is 2. The van der Waals surface area contributed by atoms with Crippen molar-refractivity contribution in [1.82, 2.24) is 10.2 Å². The van der Waals surface area contributed by atoms with Crippen LogP contribution in [0.3, 0.4) is 0 Å². The SMILES string of the molecule is CCN(CC(=O)O)C1CC(NC(=O)Nc2ccc(OC(F)F)cc2F)C1. The van der Waals surface area contributed by atoms with E-state index in [9.17, 15) is 22.8 Å². The number of carbonyl (C=O) groups excluding carboxylic acids is 1. The summed E-state index contributed by atoms with van der Waals surface area (Å²) in [6, 6.07) is 2.30. The summed E-state index contributed by atoms with van der Waals surface area (Å²) in [4.78, 5) is 24.5. The molecule has 0 aliphatic heterocycles. The molecule has 3 N–H and O–H groups in total. The molecule has 10 heteroatoms. The van der Waals surface area contributed by atoms with Crippen molar-refractivity contribution in [2.24, 2.45) is 0 Å². The first-order valence-corrected chi connectivity index (χ1v) is 8.06. The van der Waals surface area contributed by atoms with Gasteiger partial charge in [-0.25, -0.2) is 9.18 Å². The predicted molar refractivity (Wildman–Crippen MR) is 86.9 cm³/mol. The third-order valence-electron chi connectivity index (χ3n) is 4.12. The fourth-order valence-corrected chi connectivity index (χ4v) is 2.79. The van der Waals surface area contributed by atoms with Gasteiger partial charge in [0.05, 0.1) is 12.2 Å². The summed E-state index contributed by atoms with van der Waals surface area (Å²) in [6.07, 6.45) is 1.19. The number of carbonyl (C=O) groups is 2. The number of ether oxygens (including phenoxy) is 1. The third-order valence-corrected chi connectivity index (χ3v) is 4.12. The van der Waals surface area contributed by atoms with Crippen LogP contribution in [-0.2, 0) is 4.79 Å². The molecule has 1 aliphatic carbocycles. The molecule has 0 bridgehead atoms. The van der Waals surface area contributed by atoms with Gasteiger partial charge in [0.25, 0.3) is 0 Å². The summed E-state index contributed by atoms with van der Waals surface area (Å²) in [5.74, 6) is -2.15. The minimum absolute atomic E-state index is 0.0572. The molecule has 1 aromatic carbocycles. The Morgan fingerprint density at radius 3 is 2.62 bits per heavy atom. The average molecular weight is 375 g/mol. The van der Waals surface area contributed by atoms with Gasteiger partial charge in [0.15, 0.2) is 0 Å². The maximum atomic E-state index is 13.8. The summed E-state index contributed by atoms with van der Waals surface area (Å²) in [6.45, 7) is -0.667. The molecule has 0 radical (unpaired) electrons. The number of anilines is 1. The topological polar surface area (TPSA) is 90.9 Å². The minimum atomic E-state index is -3.06. The van der Waals surface area contributed by atoms with Crippen molar-refractivity contribution in [2.75, 3.05) is 18.4 Å². The Kier molecular flexibility index (Phi) is 6.67. The van der Waals surface area contributed by atoms with Gasteiger partial charge in [-0.3, -0.25) is 9.69 Å². The van der Waals surface area contributed by atoms with Crippen LogP contribution in [-0.4, -0.2) is 53.8 Å². The van der Waals surface area contributed by atoms with Crippen LogP contribution in [0.2, 0.25) is 0 Å². The van der Waals surface area contributed by atoms with Crippen molar-refractivity contribution in [1.29, 1.82) is 0 Å². The van der Waals surface area contributed by atoms with E-state index < -0.39 is 24.4 Å². The molecule has 26 heavy (non-hydrogen) atoms. The van der Waals surface area contributed by atoms with Crippen molar-refractivity contribution in [3.05, 3.63) is 24.0 Å². The van der Waals surface area contributed by atoms with Crippen molar-refractivity contribution in [3.63, 3.8) is 0 Å². The molecule has 0 aromatic heterocycles. The molecule has 2 rings (SSSR count). The first-order chi connectivity index (χ1) is 12.3. The number of benzene rings is 1. The highest BCUT2D eigenvalue weighted by atomic mass is 19.3. The van der Waals surface area contributed by atoms with E-state index in [1.54, 1.807) is 4.90 Å². The van der Waals surface area contributed by atoms with Crippen molar-refractivity contribution >= 4 is 17.7 Å². The maximum absolute atomic E-state index is 13.8. The zero-order valence-corrected chi connectivity index (χ0v) is 14.0. The Morgan fingerprint density at radius 1 is 1.38 bits per heavy atom. The number of rotatable bonds is 8. The van der Waals surface area contributed by atoms with Gasteiger partial charge in [-0.15, -0.1) is 0 Å². The van der Waals surface area contributed by atoms with Gasteiger partial charge in [0, 0.05) is 18.2 Å². The number of hydrogen-bond acceptors (Lipinski definition) is 4. The number of carboxylic acids is 1. The molecule has 2 amide bonds. The van der Waals surface area contributed by atoms with E-state index in [1.165, 1.54) is 0 Å². The number of carboxylic acid groups (broad SMARTS) is 1. The molecule has 1 aromatic rings. The second kappa shape index (κ2) is 8.75. The van der Waals surface area contributed by atoms with Crippen LogP contribution in [0.25, 0.3) is 0 Å². The van der Waals surface area contributed by atoms with Crippen LogP contribution in [0.5, 0.6) is 5.75 Å². The molecule has 0 atom stereocenters. The van der Waals surface area contributed by atoms with Gasteiger partial charge in [-0.05, 0) is 31.5 Å². The lowest BCUT2D eigenvalue weighted by atomic mass is 9.85. The molecule has 0 unspecified atom stereocenters. The van der Waals surface area contributed by atoms with Gasteiger partial charge in [-0.2, -0.15) is 8.78 Å². The highest BCUT2D eigenvalue weighted by Crippen LogP contribution is 2.26. The van der Waals surface area contributed by atoms with Crippen LogP contribution in [0.1, 0.15) is 19.8 Å². The number of urea groups is 1. The second-order valence-electron chi connectivity index (χ2n) is 5.90. The highest BCUT2D eigenvalue weighted by Gasteiger charge is 2.34. The van der Waals surface area contributed by atoms with Gasteiger partial charge >= 0.3 is 18.6 Å². The molecule has 144 valence electrons. The molecule has 0 heterocycles. The Bertz CT molecular complexity index is 654. The zero-order valence-electron chi connectivity index (χ0n) is 14.0. The number of amides is 2. The number of halogens is 3. The van der Waals surface area contributed by atoms with Gasteiger partial charge in [0.2, 0.25) is 0 Å². The summed E-state index contributed by atoms with van der Waals surface area (Å²) in [5, 5.41) is 13.8. The fraction of sp³-hybridized carbons (Fsp3) is 0.500. The normalized spacial score (nSPS) is 19.2. The lowest BCUT2D eigenvalue weighted by molar-refractivity contribution is -0.139. The standard InChI is InChI=1S/C16H20F3N3O4/c1-2-22(8-14(23)24)10-5-9(6-10)20-16(25)21-13-4-3-11(7-12(13)17)26-15(18)19/h3-4,7,9-10,15H,2,5-6,8H2,1H3,(H,23,24)(H2,20,21,25). The Morgan fingerprint density at radius 2 is 2.08 bits per heavy atom. The Labute approximate surface area is 148 Å². The van der Waals surface area contributed by atoms with E-state index in [-0.39, 0.29) is 30.1 Å². The van der Waals surface area contributed by atoms with E-state index in [0.29, 0.717) is 19.4 Å². The van der Waals surface area contributed by atoms with Crippen molar-refractivity contribution in [2.45, 2.75) is 38.5 Å². The first-order valence-electron chi connectivity index (χ1n) is 8.06. The monoisotopic (exact) mass is 375 g/mol. The number of nitrogens with zero attached hydrogens (tertiary/aromatic N) is 1. The Hall–Kier alpha value is -2.49. The molecule has 1 saturated carbocycles. The predicted octanol–water partition coefficient (Wildman–Crippen LogP) is 2.49. The van der Waals surface area contributed by atoms with Gasteiger partial charge < -0.3 is 20.5 Å². The summed E-state index contributed by atoms with van der Waals surface area (Å²) in [5.41, 5.74) is -0.166. The second-order valence-corrected chi connectivity index (χ2v) is 5.90. The molecule has 0 spiro atoms. The molecule has 1 aliphatic rings. The molecule has 7 nitrogen and oxygen atoms in total. The van der Waals surface area contributed by atoms with E-state index in [0.717, 1.165) is 18.2 Å². The number of alkyl halides is 2. The molecule has 1 fully saturated rings. The fourth-order valence-electron chi connectivity index (χ4n) is 2.79. The minimum Gasteiger partial charge on any atom is -0.480 e. The van der Waals surface area contributed by atoms with Crippen LogP contribution in [0.4, 0.5) is 23.7 Å². The maximum Gasteiger partial charge on any atom is 0.387 e. The van der Waals surface area contributed by atoms with Crippen LogP contribution in [0.15, 0.2) is 18.2 Å². The molecular weight excluding hydrogens is 355 g/mol. The highest BCUT2D eigenvalue weighted by molar-refractivity contribution is 5.89. The molecular formula is C16H20F3N3O4.